The van der Waals surface area contributed by atoms with Gasteiger partial charge >= 0.3 is 0 Å². The first-order chi connectivity index (χ1) is 7.40. The van der Waals surface area contributed by atoms with Gasteiger partial charge in [0.05, 0.1) is 13.2 Å². The number of rotatable bonds is 4. The molecule has 1 saturated heterocycles. The number of hydrogen-bond acceptors (Lipinski definition) is 3. The lowest BCUT2D eigenvalue weighted by atomic mass is 10.1. The molecule has 2 rings (SSSR count). The highest BCUT2D eigenvalue weighted by molar-refractivity contribution is 5.50. The average molecular weight is 207 g/mol. The van der Waals surface area contributed by atoms with Crippen LogP contribution >= 0.6 is 0 Å². The van der Waals surface area contributed by atoms with E-state index in [-0.39, 0.29) is 6.61 Å². The van der Waals surface area contributed by atoms with Crippen LogP contribution in [0.5, 0.6) is 0 Å². The van der Waals surface area contributed by atoms with Gasteiger partial charge in [-0.3, -0.25) is 0 Å². The Bertz CT molecular complexity index is 308. The number of para-hydroxylation sites is 1. The Kier molecular flexibility index (Phi) is 3.59. The van der Waals surface area contributed by atoms with Crippen molar-refractivity contribution in [3.63, 3.8) is 0 Å². The Morgan fingerprint density at radius 1 is 1.40 bits per heavy atom. The minimum absolute atomic E-state index is 0.0876. The van der Waals surface area contributed by atoms with E-state index in [4.69, 9.17) is 9.84 Å². The van der Waals surface area contributed by atoms with Gasteiger partial charge < -0.3 is 15.2 Å². The van der Waals surface area contributed by atoms with Crippen LogP contribution in [0.3, 0.4) is 0 Å². The molecule has 0 saturated carbocycles. The Labute approximate surface area is 90.1 Å². The molecule has 1 unspecified atom stereocenters. The molecule has 1 heterocycles. The zero-order valence-corrected chi connectivity index (χ0v) is 8.78. The van der Waals surface area contributed by atoms with E-state index in [1.54, 1.807) is 0 Å². The molecule has 0 aliphatic carbocycles. The lowest BCUT2D eigenvalue weighted by molar-refractivity contribution is 0.187. The fourth-order valence-corrected chi connectivity index (χ4v) is 1.83. The van der Waals surface area contributed by atoms with Crippen molar-refractivity contribution in [1.82, 2.24) is 0 Å². The molecule has 82 valence electrons. The highest BCUT2D eigenvalue weighted by Crippen LogP contribution is 2.17. The molecule has 0 radical (unpaired) electrons. The molecule has 3 nitrogen and oxygen atoms in total. The Balaban J connectivity index is 1.91. The third-order valence-electron chi connectivity index (χ3n) is 2.79. The van der Waals surface area contributed by atoms with E-state index in [0.29, 0.717) is 5.92 Å². The second-order valence-electron chi connectivity index (χ2n) is 3.93. The minimum Gasteiger partial charge on any atom is -0.392 e. The molecule has 0 bridgehead atoms. The lowest BCUT2D eigenvalue weighted by Gasteiger charge is -2.13. The van der Waals surface area contributed by atoms with Gasteiger partial charge in [-0.1, -0.05) is 18.2 Å². The van der Waals surface area contributed by atoms with Gasteiger partial charge in [0.25, 0.3) is 0 Å². The Morgan fingerprint density at radius 3 is 3.00 bits per heavy atom. The van der Waals surface area contributed by atoms with Gasteiger partial charge in [-0.2, -0.15) is 0 Å². The summed E-state index contributed by atoms with van der Waals surface area (Å²) in [5, 5.41) is 12.5. The first-order valence-corrected chi connectivity index (χ1v) is 5.40. The monoisotopic (exact) mass is 207 g/mol. The largest absolute Gasteiger partial charge is 0.392 e. The third kappa shape index (κ3) is 2.70. The predicted molar refractivity (Wildman–Crippen MR) is 59.8 cm³/mol. The van der Waals surface area contributed by atoms with Gasteiger partial charge in [-0.25, -0.2) is 0 Å². The normalized spacial score (nSPS) is 20.5. The highest BCUT2D eigenvalue weighted by Gasteiger charge is 2.15. The second kappa shape index (κ2) is 5.14. The van der Waals surface area contributed by atoms with Crippen molar-refractivity contribution < 1.29 is 9.84 Å². The zero-order valence-electron chi connectivity index (χ0n) is 8.78. The maximum atomic E-state index is 9.15. The molecule has 1 fully saturated rings. The van der Waals surface area contributed by atoms with Gasteiger partial charge in [0.1, 0.15) is 0 Å². The van der Waals surface area contributed by atoms with Crippen LogP contribution in [-0.4, -0.2) is 24.9 Å². The number of benzene rings is 1. The van der Waals surface area contributed by atoms with E-state index < -0.39 is 0 Å². The van der Waals surface area contributed by atoms with Crippen LogP contribution in [0.15, 0.2) is 24.3 Å². The summed E-state index contributed by atoms with van der Waals surface area (Å²) >= 11 is 0. The van der Waals surface area contributed by atoms with Crippen molar-refractivity contribution in [3.05, 3.63) is 29.8 Å². The van der Waals surface area contributed by atoms with Crippen LogP contribution in [0.4, 0.5) is 5.69 Å². The van der Waals surface area contributed by atoms with E-state index in [2.05, 4.69) is 5.32 Å². The highest BCUT2D eigenvalue weighted by atomic mass is 16.5. The SMILES string of the molecule is OCc1ccccc1NCC1CCOC1. The molecule has 1 atom stereocenters. The molecule has 0 aromatic heterocycles. The van der Waals surface area contributed by atoms with E-state index in [0.717, 1.165) is 37.4 Å². The first-order valence-electron chi connectivity index (χ1n) is 5.40. The fourth-order valence-electron chi connectivity index (χ4n) is 1.83. The number of nitrogens with one attached hydrogen (secondary N) is 1. The summed E-state index contributed by atoms with van der Waals surface area (Å²) < 4.78 is 5.31. The number of hydrogen-bond donors (Lipinski definition) is 2. The number of ether oxygens (including phenoxy) is 1. The lowest BCUT2D eigenvalue weighted by Crippen LogP contribution is -2.14. The summed E-state index contributed by atoms with van der Waals surface area (Å²) in [6.45, 7) is 2.75. The molecule has 1 aromatic rings. The van der Waals surface area contributed by atoms with Crippen molar-refractivity contribution in [2.45, 2.75) is 13.0 Å². The van der Waals surface area contributed by atoms with Crippen molar-refractivity contribution in [2.24, 2.45) is 5.92 Å². The van der Waals surface area contributed by atoms with Crippen molar-refractivity contribution in [2.75, 3.05) is 25.1 Å². The Hall–Kier alpha value is -1.06. The Morgan fingerprint density at radius 2 is 2.27 bits per heavy atom. The topological polar surface area (TPSA) is 41.5 Å². The van der Waals surface area contributed by atoms with Crippen LogP contribution < -0.4 is 5.32 Å². The second-order valence-corrected chi connectivity index (χ2v) is 3.93. The molecule has 15 heavy (non-hydrogen) atoms. The third-order valence-corrected chi connectivity index (χ3v) is 2.79. The van der Waals surface area contributed by atoms with Crippen molar-refractivity contribution in [1.29, 1.82) is 0 Å². The summed E-state index contributed by atoms with van der Waals surface area (Å²) in [5.41, 5.74) is 1.99. The molecule has 3 heteroatoms. The molecule has 2 N–H and O–H groups in total. The van der Waals surface area contributed by atoms with Crippen LogP contribution in [0.25, 0.3) is 0 Å². The van der Waals surface area contributed by atoms with E-state index >= 15 is 0 Å². The van der Waals surface area contributed by atoms with Crippen LogP contribution in [0.1, 0.15) is 12.0 Å². The smallest absolute Gasteiger partial charge is 0.0701 e. The molecule has 1 aliphatic rings. The molecule has 1 aromatic carbocycles. The summed E-state index contributed by atoms with van der Waals surface area (Å²) in [6.07, 6.45) is 1.13. The van der Waals surface area contributed by atoms with Gasteiger partial charge in [0.2, 0.25) is 0 Å². The van der Waals surface area contributed by atoms with Crippen LogP contribution in [0, 0.1) is 5.92 Å². The van der Waals surface area contributed by atoms with E-state index in [9.17, 15) is 0 Å². The zero-order chi connectivity index (χ0) is 10.5. The molecular formula is C12H17NO2. The molecular weight excluding hydrogens is 190 g/mol. The van der Waals surface area contributed by atoms with Gasteiger partial charge in [0, 0.05) is 30.3 Å². The van der Waals surface area contributed by atoms with Crippen LogP contribution in [0.2, 0.25) is 0 Å². The predicted octanol–water partition coefficient (Wildman–Crippen LogP) is 1.63. The maximum absolute atomic E-state index is 9.15. The molecule has 1 aliphatic heterocycles. The van der Waals surface area contributed by atoms with Gasteiger partial charge in [0.15, 0.2) is 0 Å². The summed E-state index contributed by atoms with van der Waals surface area (Å²) in [7, 11) is 0. The van der Waals surface area contributed by atoms with Gasteiger partial charge in [-0.15, -0.1) is 0 Å². The fraction of sp³-hybridized carbons (Fsp3) is 0.500. The molecule has 0 spiro atoms. The van der Waals surface area contributed by atoms with E-state index in [1.165, 1.54) is 0 Å². The first kappa shape index (κ1) is 10.5. The molecule has 0 amide bonds. The summed E-state index contributed by atoms with van der Waals surface area (Å²) in [6, 6.07) is 7.86. The van der Waals surface area contributed by atoms with E-state index in [1.807, 2.05) is 24.3 Å². The van der Waals surface area contributed by atoms with Crippen molar-refractivity contribution in [3.8, 4) is 0 Å². The average Bonchev–Trinajstić information content (AvgIpc) is 2.79. The van der Waals surface area contributed by atoms with Crippen LogP contribution in [-0.2, 0) is 11.3 Å². The summed E-state index contributed by atoms with van der Waals surface area (Å²) in [4.78, 5) is 0. The standard InChI is InChI=1S/C12H17NO2/c14-8-11-3-1-2-4-12(11)13-7-10-5-6-15-9-10/h1-4,10,13-14H,5-9H2. The number of aliphatic hydroxyl groups excluding tert-OH is 1. The quantitative estimate of drug-likeness (QED) is 0.788. The minimum atomic E-state index is 0.0876. The summed E-state index contributed by atoms with van der Waals surface area (Å²) in [5.74, 6) is 0.608. The van der Waals surface area contributed by atoms with Crippen molar-refractivity contribution >= 4 is 5.69 Å². The number of anilines is 1. The van der Waals surface area contributed by atoms with Gasteiger partial charge in [-0.05, 0) is 12.5 Å². The maximum Gasteiger partial charge on any atom is 0.0701 e. The number of aliphatic hydroxyl groups is 1.